The Morgan fingerprint density at radius 1 is 1.04 bits per heavy atom. The number of hydrogen-bond donors (Lipinski definition) is 2. The quantitative estimate of drug-likeness (QED) is 0.531. The second-order valence-corrected chi connectivity index (χ2v) is 6.52. The zero-order valence-corrected chi connectivity index (χ0v) is 14.5. The normalized spacial score (nSPS) is 14.4. The van der Waals surface area contributed by atoms with Gasteiger partial charge in [0.1, 0.15) is 0 Å². The van der Waals surface area contributed by atoms with Gasteiger partial charge in [0, 0.05) is 24.5 Å². The predicted octanol–water partition coefficient (Wildman–Crippen LogP) is 3.87. The zero-order chi connectivity index (χ0) is 16.3. The highest BCUT2D eigenvalue weighted by Crippen LogP contribution is 2.19. The molecule has 4 heteroatoms. The fourth-order valence-electron chi connectivity index (χ4n) is 2.79. The summed E-state index contributed by atoms with van der Waals surface area (Å²) in [7, 11) is 0. The molecule has 1 aromatic carbocycles. The van der Waals surface area contributed by atoms with Crippen molar-refractivity contribution in [3.8, 4) is 0 Å². The van der Waals surface area contributed by atoms with Crippen LogP contribution in [0.15, 0.2) is 35.9 Å². The first-order chi connectivity index (χ1) is 11.2. The second kappa shape index (κ2) is 10.5. The number of amides is 1. The Labute approximate surface area is 144 Å². The molecule has 0 heterocycles. The Hall–Kier alpha value is -1.32. The van der Waals surface area contributed by atoms with Crippen molar-refractivity contribution in [2.75, 3.05) is 19.6 Å². The van der Waals surface area contributed by atoms with E-state index < -0.39 is 0 Å². The molecule has 126 valence electrons. The number of rotatable bonds is 9. The average Bonchev–Trinajstić information content (AvgIpc) is 2.57. The number of halogens is 1. The third kappa shape index (κ3) is 7.67. The largest absolute Gasteiger partial charge is 0.356 e. The first-order valence-corrected chi connectivity index (χ1v) is 9.01. The fourth-order valence-corrected chi connectivity index (χ4v) is 2.92. The maximum atomic E-state index is 11.8. The molecule has 2 rings (SSSR count). The van der Waals surface area contributed by atoms with E-state index in [-0.39, 0.29) is 5.91 Å². The summed E-state index contributed by atoms with van der Waals surface area (Å²) in [6.45, 7) is 2.37. The molecule has 0 spiro atoms. The van der Waals surface area contributed by atoms with Crippen LogP contribution in [0.1, 0.15) is 44.1 Å². The lowest BCUT2D eigenvalue weighted by molar-refractivity contribution is -0.120. The highest BCUT2D eigenvalue weighted by Gasteiger charge is 2.05. The molecule has 0 radical (unpaired) electrons. The predicted molar refractivity (Wildman–Crippen MR) is 96.8 cm³/mol. The maximum absolute atomic E-state index is 11.8. The van der Waals surface area contributed by atoms with Gasteiger partial charge in [-0.25, -0.2) is 0 Å². The number of benzene rings is 1. The Bertz CT molecular complexity index is 511. The lowest BCUT2D eigenvalue weighted by Gasteiger charge is -2.13. The lowest BCUT2D eigenvalue weighted by Crippen LogP contribution is -2.29. The van der Waals surface area contributed by atoms with Crippen molar-refractivity contribution in [3.63, 3.8) is 0 Å². The minimum absolute atomic E-state index is 0.139. The molecule has 0 bridgehead atoms. The average molecular weight is 335 g/mol. The molecule has 0 aliphatic heterocycles. The van der Waals surface area contributed by atoms with Crippen molar-refractivity contribution < 1.29 is 4.79 Å². The van der Waals surface area contributed by atoms with Gasteiger partial charge in [-0.05, 0) is 62.8 Å². The molecule has 1 aliphatic carbocycles. The third-order valence-electron chi connectivity index (χ3n) is 4.19. The molecule has 0 saturated carbocycles. The monoisotopic (exact) mass is 334 g/mol. The maximum Gasteiger partial charge on any atom is 0.221 e. The molecule has 1 amide bonds. The molecule has 0 aromatic heterocycles. The molecule has 0 unspecified atom stereocenters. The summed E-state index contributed by atoms with van der Waals surface area (Å²) in [5.74, 6) is 0.139. The van der Waals surface area contributed by atoms with E-state index in [2.05, 4.69) is 16.7 Å². The zero-order valence-electron chi connectivity index (χ0n) is 13.7. The van der Waals surface area contributed by atoms with Crippen LogP contribution in [0.4, 0.5) is 0 Å². The topological polar surface area (TPSA) is 41.1 Å². The van der Waals surface area contributed by atoms with Crippen molar-refractivity contribution >= 4 is 17.5 Å². The minimum Gasteiger partial charge on any atom is -0.356 e. The molecule has 0 fully saturated rings. The van der Waals surface area contributed by atoms with Crippen LogP contribution in [0.3, 0.4) is 0 Å². The first-order valence-electron chi connectivity index (χ1n) is 8.64. The van der Waals surface area contributed by atoms with Crippen molar-refractivity contribution in [1.82, 2.24) is 10.6 Å². The van der Waals surface area contributed by atoms with E-state index in [1.54, 1.807) is 0 Å². The van der Waals surface area contributed by atoms with Crippen molar-refractivity contribution in [2.24, 2.45) is 0 Å². The Morgan fingerprint density at radius 3 is 2.61 bits per heavy atom. The molecule has 0 saturated heterocycles. The Kier molecular flexibility index (Phi) is 8.19. The van der Waals surface area contributed by atoms with Gasteiger partial charge < -0.3 is 10.6 Å². The molecular weight excluding hydrogens is 308 g/mol. The van der Waals surface area contributed by atoms with Gasteiger partial charge >= 0.3 is 0 Å². The van der Waals surface area contributed by atoms with Gasteiger partial charge in [0.25, 0.3) is 0 Å². The highest BCUT2D eigenvalue weighted by molar-refractivity contribution is 6.30. The standard InChI is InChI=1S/C19H27ClN2O/c20-18-8-6-17(7-9-18)10-13-21-14-12-19(23)22-15-11-16-4-2-1-3-5-16/h4,6-9,21H,1-3,5,10-15H2,(H,22,23). The summed E-state index contributed by atoms with van der Waals surface area (Å²) in [4.78, 5) is 11.8. The molecule has 2 N–H and O–H groups in total. The summed E-state index contributed by atoms with van der Waals surface area (Å²) < 4.78 is 0. The van der Waals surface area contributed by atoms with E-state index in [9.17, 15) is 4.79 Å². The molecular formula is C19H27ClN2O. The van der Waals surface area contributed by atoms with Crippen molar-refractivity contribution in [2.45, 2.75) is 44.9 Å². The van der Waals surface area contributed by atoms with E-state index in [0.29, 0.717) is 6.42 Å². The molecule has 23 heavy (non-hydrogen) atoms. The highest BCUT2D eigenvalue weighted by atomic mass is 35.5. The van der Waals surface area contributed by atoms with E-state index in [4.69, 9.17) is 11.6 Å². The van der Waals surface area contributed by atoms with Gasteiger partial charge in [0.15, 0.2) is 0 Å². The van der Waals surface area contributed by atoms with E-state index in [1.165, 1.54) is 36.8 Å². The second-order valence-electron chi connectivity index (χ2n) is 6.08. The van der Waals surface area contributed by atoms with E-state index >= 15 is 0 Å². The number of carbonyl (C=O) groups is 1. The van der Waals surface area contributed by atoms with Crippen LogP contribution in [0.5, 0.6) is 0 Å². The summed E-state index contributed by atoms with van der Waals surface area (Å²) in [6, 6.07) is 7.89. The van der Waals surface area contributed by atoms with E-state index in [1.807, 2.05) is 24.3 Å². The molecule has 1 aliphatic rings. The van der Waals surface area contributed by atoms with Crippen LogP contribution >= 0.6 is 11.6 Å². The van der Waals surface area contributed by atoms with Crippen molar-refractivity contribution in [3.05, 3.63) is 46.5 Å². The number of allylic oxidation sites excluding steroid dienone is 1. The fraction of sp³-hybridized carbons (Fsp3) is 0.526. The molecule has 0 atom stereocenters. The van der Waals surface area contributed by atoms with Gasteiger partial charge in [-0.15, -0.1) is 0 Å². The third-order valence-corrected chi connectivity index (χ3v) is 4.44. The molecule has 3 nitrogen and oxygen atoms in total. The SMILES string of the molecule is O=C(CCNCCc1ccc(Cl)cc1)NCCC1=CCCCC1. The number of carbonyl (C=O) groups excluding carboxylic acids is 1. The number of hydrogen-bond acceptors (Lipinski definition) is 2. The van der Waals surface area contributed by atoms with Gasteiger partial charge in [0.2, 0.25) is 5.91 Å². The van der Waals surface area contributed by atoms with Crippen LogP contribution in [-0.4, -0.2) is 25.5 Å². The minimum atomic E-state index is 0.139. The van der Waals surface area contributed by atoms with Gasteiger partial charge in [-0.1, -0.05) is 35.4 Å². The smallest absolute Gasteiger partial charge is 0.221 e. The van der Waals surface area contributed by atoms with Crippen LogP contribution in [0.25, 0.3) is 0 Å². The van der Waals surface area contributed by atoms with Gasteiger partial charge in [0.05, 0.1) is 0 Å². The Balaban J connectivity index is 1.48. The number of nitrogens with one attached hydrogen (secondary N) is 2. The van der Waals surface area contributed by atoms with Gasteiger partial charge in [-0.3, -0.25) is 4.79 Å². The summed E-state index contributed by atoms with van der Waals surface area (Å²) in [5, 5.41) is 7.09. The van der Waals surface area contributed by atoms with Crippen LogP contribution < -0.4 is 10.6 Å². The van der Waals surface area contributed by atoms with Crippen LogP contribution in [0, 0.1) is 0 Å². The van der Waals surface area contributed by atoms with Gasteiger partial charge in [-0.2, -0.15) is 0 Å². The first kappa shape index (κ1) is 18.0. The summed E-state index contributed by atoms with van der Waals surface area (Å²) >= 11 is 5.86. The molecule has 1 aromatic rings. The summed E-state index contributed by atoms with van der Waals surface area (Å²) in [5.41, 5.74) is 2.77. The summed E-state index contributed by atoms with van der Waals surface area (Å²) in [6.07, 6.45) is 9.88. The lowest BCUT2D eigenvalue weighted by atomic mass is 9.97. The Morgan fingerprint density at radius 2 is 1.87 bits per heavy atom. The van der Waals surface area contributed by atoms with Crippen LogP contribution in [0.2, 0.25) is 5.02 Å². The van der Waals surface area contributed by atoms with Crippen LogP contribution in [-0.2, 0) is 11.2 Å². The van der Waals surface area contributed by atoms with E-state index in [0.717, 1.165) is 37.5 Å². The van der Waals surface area contributed by atoms with Crippen molar-refractivity contribution in [1.29, 1.82) is 0 Å².